The molecular formula is C17H23FN2O2S. The summed E-state index contributed by atoms with van der Waals surface area (Å²) in [5.41, 5.74) is 0. The Balaban J connectivity index is 1.38. The second-order valence-electron chi connectivity index (χ2n) is 6.06. The van der Waals surface area contributed by atoms with Crippen LogP contribution in [0.4, 0.5) is 4.39 Å². The van der Waals surface area contributed by atoms with Crippen LogP contribution in [-0.2, 0) is 9.53 Å². The molecule has 0 radical (unpaired) electrons. The second-order valence-corrected chi connectivity index (χ2v) is 7.11. The molecule has 2 heterocycles. The molecule has 126 valence electrons. The number of thioether (sulfide) groups is 1. The van der Waals surface area contributed by atoms with Crippen LogP contribution in [0.15, 0.2) is 29.2 Å². The first kappa shape index (κ1) is 16.7. The lowest BCUT2D eigenvalue weighted by molar-refractivity contribution is -0.130. The molecule has 2 fully saturated rings. The number of halogens is 1. The van der Waals surface area contributed by atoms with Gasteiger partial charge < -0.3 is 9.64 Å². The normalized spacial score (nSPS) is 22.5. The van der Waals surface area contributed by atoms with Gasteiger partial charge in [0.15, 0.2) is 0 Å². The summed E-state index contributed by atoms with van der Waals surface area (Å²) in [5.74, 6) is 0.330. The van der Waals surface area contributed by atoms with Crippen LogP contribution >= 0.6 is 11.8 Å². The second kappa shape index (κ2) is 8.13. The Morgan fingerprint density at radius 3 is 2.61 bits per heavy atom. The number of carbonyl (C=O) groups is 1. The fraction of sp³-hybridized carbons (Fsp3) is 0.588. The number of hydrogen-bond acceptors (Lipinski definition) is 4. The predicted octanol–water partition coefficient (Wildman–Crippen LogP) is 2.24. The molecule has 1 aromatic rings. The van der Waals surface area contributed by atoms with Gasteiger partial charge in [-0.1, -0.05) is 0 Å². The van der Waals surface area contributed by atoms with Crippen molar-refractivity contribution in [1.29, 1.82) is 0 Å². The molecule has 0 N–H and O–H groups in total. The third kappa shape index (κ3) is 4.93. The molecule has 6 heteroatoms. The van der Waals surface area contributed by atoms with Crippen molar-refractivity contribution in [2.24, 2.45) is 0 Å². The Hall–Kier alpha value is -1.11. The molecule has 0 spiro atoms. The molecule has 2 aliphatic heterocycles. The van der Waals surface area contributed by atoms with Crippen molar-refractivity contribution >= 4 is 17.7 Å². The van der Waals surface area contributed by atoms with Crippen molar-refractivity contribution in [2.75, 3.05) is 45.1 Å². The molecule has 2 saturated heterocycles. The highest BCUT2D eigenvalue weighted by atomic mass is 32.2. The van der Waals surface area contributed by atoms with Gasteiger partial charge in [0.1, 0.15) is 5.82 Å². The Kier molecular flexibility index (Phi) is 5.91. The summed E-state index contributed by atoms with van der Waals surface area (Å²) in [7, 11) is 0. The van der Waals surface area contributed by atoms with Crippen LogP contribution in [0.5, 0.6) is 0 Å². The third-order valence-electron chi connectivity index (χ3n) is 4.39. The summed E-state index contributed by atoms with van der Waals surface area (Å²) in [6.45, 7) is 5.31. The Labute approximate surface area is 141 Å². The standard InChI is InChI=1S/C17H23FN2O2S/c18-14-3-5-16(6-4-14)23-13-17(21)20-9-7-19(8-10-20)12-15-2-1-11-22-15/h3-6,15H,1-2,7-13H2. The van der Waals surface area contributed by atoms with Gasteiger partial charge in [0.2, 0.25) is 5.91 Å². The van der Waals surface area contributed by atoms with E-state index in [1.165, 1.54) is 30.3 Å². The highest BCUT2D eigenvalue weighted by molar-refractivity contribution is 8.00. The van der Waals surface area contributed by atoms with Gasteiger partial charge in [-0.2, -0.15) is 0 Å². The van der Waals surface area contributed by atoms with E-state index in [2.05, 4.69) is 4.90 Å². The first-order chi connectivity index (χ1) is 11.2. The summed E-state index contributed by atoms with van der Waals surface area (Å²) >= 11 is 1.47. The number of ether oxygens (including phenoxy) is 1. The highest BCUT2D eigenvalue weighted by Gasteiger charge is 2.24. The van der Waals surface area contributed by atoms with Crippen LogP contribution < -0.4 is 0 Å². The molecule has 23 heavy (non-hydrogen) atoms. The Bertz CT molecular complexity index is 512. The largest absolute Gasteiger partial charge is 0.377 e. The Morgan fingerprint density at radius 2 is 1.96 bits per heavy atom. The number of hydrogen-bond donors (Lipinski definition) is 0. The molecule has 1 aromatic carbocycles. The van der Waals surface area contributed by atoms with Crippen molar-refractivity contribution in [2.45, 2.75) is 23.8 Å². The Morgan fingerprint density at radius 1 is 1.22 bits per heavy atom. The minimum absolute atomic E-state index is 0.163. The number of piperazine rings is 1. The molecule has 1 unspecified atom stereocenters. The molecule has 0 aromatic heterocycles. The van der Waals surface area contributed by atoms with E-state index in [0.717, 1.165) is 50.6 Å². The fourth-order valence-electron chi connectivity index (χ4n) is 3.02. The molecule has 1 amide bonds. The van der Waals surface area contributed by atoms with Crippen LogP contribution in [0.1, 0.15) is 12.8 Å². The van der Waals surface area contributed by atoms with E-state index >= 15 is 0 Å². The lowest BCUT2D eigenvalue weighted by atomic mass is 10.2. The summed E-state index contributed by atoms with van der Waals surface area (Å²) in [6.07, 6.45) is 2.71. The molecule has 2 aliphatic rings. The zero-order chi connectivity index (χ0) is 16.1. The first-order valence-corrected chi connectivity index (χ1v) is 9.19. The topological polar surface area (TPSA) is 32.8 Å². The minimum Gasteiger partial charge on any atom is -0.377 e. The van der Waals surface area contributed by atoms with Gasteiger partial charge in [-0.25, -0.2) is 4.39 Å². The van der Waals surface area contributed by atoms with Crippen molar-refractivity contribution in [1.82, 2.24) is 9.80 Å². The molecule has 4 nitrogen and oxygen atoms in total. The number of nitrogens with zero attached hydrogens (tertiary/aromatic N) is 2. The smallest absolute Gasteiger partial charge is 0.233 e. The third-order valence-corrected chi connectivity index (χ3v) is 5.38. The molecule has 0 bridgehead atoms. The van der Waals surface area contributed by atoms with Gasteiger partial charge in [0, 0.05) is 44.2 Å². The SMILES string of the molecule is O=C(CSc1ccc(F)cc1)N1CCN(CC2CCCO2)CC1. The van der Waals surface area contributed by atoms with Gasteiger partial charge in [0.25, 0.3) is 0 Å². The summed E-state index contributed by atoms with van der Waals surface area (Å²) in [6, 6.07) is 6.28. The minimum atomic E-state index is -0.247. The lowest BCUT2D eigenvalue weighted by Gasteiger charge is -2.35. The molecule has 0 saturated carbocycles. The predicted molar refractivity (Wildman–Crippen MR) is 89.1 cm³/mol. The van der Waals surface area contributed by atoms with E-state index in [0.29, 0.717) is 11.9 Å². The van der Waals surface area contributed by atoms with E-state index in [1.54, 1.807) is 12.1 Å². The van der Waals surface area contributed by atoms with Gasteiger partial charge in [-0.3, -0.25) is 9.69 Å². The van der Waals surface area contributed by atoms with Crippen LogP contribution in [0.2, 0.25) is 0 Å². The van der Waals surface area contributed by atoms with Crippen molar-refractivity contribution in [3.63, 3.8) is 0 Å². The van der Waals surface area contributed by atoms with Crippen molar-refractivity contribution in [3.8, 4) is 0 Å². The zero-order valence-electron chi connectivity index (χ0n) is 13.2. The number of amides is 1. The summed E-state index contributed by atoms with van der Waals surface area (Å²) in [4.78, 5) is 17.5. The van der Waals surface area contributed by atoms with E-state index in [4.69, 9.17) is 4.74 Å². The number of carbonyl (C=O) groups excluding carboxylic acids is 1. The maximum Gasteiger partial charge on any atom is 0.233 e. The fourth-order valence-corrected chi connectivity index (χ4v) is 3.82. The molecule has 1 atom stereocenters. The number of benzene rings is 1. The van der Waals surface area contributed by atoms with E-state index < -0.39 is 0 Å². The molecule has 3 rings (SSSR count). The number of rotatable bonds is 5. The quantitative estimate of drug-likeness (QED) is 0.771. The average molecular weight is 338 g/mol. The summed E-state index contributed by atoms with van der Waals surface area (Å²) < 4.78 is 18.5. The molecular weight excluding hydrogens is 315 g/mol. The van der Waals surface area contributed by atoms with Gasteiger partial charge in [-0.05, 0) is 37.1 Å². The van der Waals surface area contributed by atoms with E-state index in [-0.39, 0.29) is 11.7 Å². The maximum atomic E-state index is 12.9. The summed E-state index contributed by atoms with van der Waals surface area (Å²) in [5, 5.41) is 0. The molecule has 0 aliphatic carbocycles. The monoisotopic (exact) mass is 338 g/mol. The van der Waals surface area contributed by atoms with Gasteiger partial charge in [-0.15, -0.1) is 11.8 Å². The van der Waals surface area contributed by atoms with E-state index in [1.807, 2.05) is 4.90 Å². The van der Waals surface area contributed by atoms with Crippen LogP contribution in [-0.4, -0.2) is 66.9 Å². The zero-order valence-corrected chi connectivity index (χ0v) is 14.1. The van der Waals surface area contributed by atoms with E-state index in [9.17, 15) is 9.18 Å². The maximum absolute atomic E-state index is 12.9. The van der Waals surface area contributed by atoms with Crippen molar-refractivity contribution < 1.29 is 13.9 Å². The first-order valence-electron chi connectivity index (χ1n) is 8.21. The van der Waals surface area contributed by atoms with Crippen molar-refractivity contribution in [3.05, 3.63) is 30.1 Å². The van der Waals surface area contributed by atoms with Gasteiger partial charge in [0.05, 0.1) is 11.9 Å². The van der Waals surface area contributed by atoms with Crippen LogP contribution in [0.3, 0.4) is 0 Å². The lowest BCUT2D eigenvalue weighted by Crippen LogP contribution is -2.50. The van der Waals surface area contributed by atoms with Crippen LogP contribution in [0, 0.1) is 5.82 Å². The highest BCUT2D eigenvalue weighted by Crippen LogP contribution is 2.19. The van der Waals surface area contributed by atoms with Gasteiger partial charge >= 0.3 is 0 Å². The van der Waals surface area contributed by atoms with Crippen LogP contribution in [0.25, 0.3) is 0 Å². The average Bonchev–Trinajstić information content (AvgIpc) is 3.08.